The molecule has 19 heavy (non-hydrogen) atoms. The summed E-state index contributed by atoms with van der Waals surface area (Å²) >= 11 is 0. The summed E-state index contributed by atoms with van der Waals surface area (Å²) in [5, 5.41) is 0. The minimum absolute atomic E-state index is 0.199. The molecule has 0 atom stereocenters. The van der Waals surface area contributed by atoms with Crippen molar-refractivity contribution in [1.82, 2.24) is 0 Å². The molecule has 0 saturated carbocycles. The molecular weight excluding hydrogens is 260 g/mol. The molecule has 0 spiro atoms. The normalized spacial score (nSPS) is 12.0. The van der Waals surface area contributed by atoms with E-state index in [2.05, 4.69) is 0 Å². The summed E-state index contributed by atoms with van der Waals surface area (Å²) in [5.74, 6) is 0.501. The summed E-state index contributed by atoms with van der Waals surface area (Å²) in [7, 11) is -3.13. The molecular formula is C14H24N2O2S. The fourth-order valence-electron chi connectivity index (χ4n) is 1.98. The monoisotopic (exact) mass is 284 g/mol. The smallest absolute Gasteiger partial charge is 0.178 e. The zero-order chi connectivity index (χ0) is 14.3. The summed E-state index contributed by atoms with van der Waals surface area (Å²) in [4.78, 5) is 0.420. The van der Waals surface area contributed by atoms with Crippen LogP contribution in [0.25, 0.3) is 0 Å². The second-order valence-corrected chi connectivity index (χ2v) is 6.95. The van der Waals surface area contributed by atoms with Crippen LogP contribution in [-0.2, 0) is 16.3 Å². The van der Waals surface area contributed by atoms with Crippen molar-refractivity contribution in [3.05, 3.63) is 29.8 Å². The number of hydrogen-bond acceptors (Lipinski definition) is 4. The maximum absolute atomic E-state index is 12.0. The van der Waals surface area contributed by atoms with Gasteiger partial charge in [-0.25, -0.2) is 8.42 Å². The number of sulfone groups is 1. The van der Waals surface area contributed by atoms with Crippen molar-refractivity contribution in [2.75, 3.05) is 18.8 Å². The minimum Gasteiger partial charge on any atom is -0.330 e. The Morgan fingerprint density at radius 3 is 2.47 bits per heavy atom. The van der Waals surface area contributed by atoms with E-state index in [0.29, 0.717) is 30.3 Å². The standard InChI is InChI=1S/C14H24N2O2S/c1-2-8-19(17,18)14-5-3-4-12(9-14)6-7-13(10-15)11-16/h3-5,9,13H,2,6-8,10-11,15-16H2,1H3. The van der Waals surface area contributed by atoms with Gasteiger partial charge in [0.2, 0.25) is 0 Å². The molecule has 0 aromatic heterocycles. The lowest BCUT2D eigenvalue weighted by molar-refractivity contribution is 0.507. The van der Waals surface area contributed by atoms with Crippen molar-refractivity contribution in [3.8, 4) is 0 Å². The zero-order valence-corrected chi connectivity index (χ0v) is 12.3. The van der Waals surface area contributed by atoms with Crippen molar-refractivity contribution in [2.45, 2.75) is 31.1 Å². The summed E-state index contributed by atoms with van der Waals surface area (Å²) in [6, 6.07) is 7.19. The molecule has 0 saturated heterocycles. The van der Waals surface area contributed by atoms with Gasteiger partial charge in [-0.2, -0.15) is 0 Å². The largest absolute Gasteiger partial charge is 0.330 e. The van der Waals surface area contributed by atoms with Gasteiger partial charge in [0.15, 0.2) is 9.84 Å². The predicted octanol–water partition coefficient (Wildman–Crippen LogP) is 1.34. The van der Waals surface area contributed by atoms with Crippen molar-refractivity contribution in [1.29, 1.82) is 0 Å². The highest BCUT2D eigenvalue weighted by atomic mass is 32.2. The fraction of sp³-hybridized carbons (Fsp3) is 0.571. The van der Waals surface area contributed by atoms with Gasteiger partial charge in [-0.3, -0.25) is 0 Å². The van der Waals surface area contributed by atoms with Gasteiger partial charge < -0.3 is 11.5 Å². The topological polar surface area (TPSA) is 86.2 Å². The van der Waals surface area contributed by atoms with E-state index in [9.17, 15) is 8.42 Å². The molecule has 0 unspecified atom stereocenters. The Morgan fingerprint density at radius 2 is 1.89 bits per heavy atom. The third kappa shape index (κ3) is 4.93. The molecule has 5 heteroatoms. The van der Waals surface area contributed by atoms with Crippen LogP contribution >= 0.6 is 0 Å². The molecule has 0 aliphatic rings. The Bertz CT molecular complexity index is 482. The zero-order valence-electron chi connectivity index (χ0n) is 11.5. The van der Waals surface area contributed by atoms with Gasteiger partial charge in [-0.1, -0.05) is 19.1 Å². The van der Waals surface area contributed by atoms with E-state index in [1.54, 1.807) is 18.2 Å². The molecule has 1 rings (SSSR count). The van der Waals surface area contributed by atoms with Crippen LogP contribution in [-0.4, -0.2) is 27.3 Å². The van der Waals surface area contributed by atoms with Gasteiger partial charge in [0.25, 0.3) is 0 Å². The second-order valence-electron chi connectivity index (χ2n) is 4.84. The second kappa shape index (κ2) is 7.62. The van der Waals surface area contributed by atoms with E-state index in [0.717, 1.165) is 18.4 Å². The molecule has 1 aromatic carbocycles. The summed E-state index contributed by atoms with van der Waals surface area (Å²) < 4.78 is 24.0. The lowest BCUT2D eigenvalue weighted by atomic mass is 10.00. The highest BCUT2D eigenvalue weighted by Crippen LogP contribution is 2.16. The molecule has 0 aliphatic carbocycles. The van der Waals surface area contributed by atoms with Crippen molar-refractivity contribution >= 4 is 9.84 Å². The number of aryl methyl sites for hydroxylation is 1. The van der Waals surface area contributed by atoms with Gasteiger partial charge in [0, 0.05) is 0 Å². The van der Waals surface area contributed by atoms with Crippen molar-refractivity contribution in [3.63, 3.8) is 0 Å². The van der Waals surface area contributed by atoms with E-state index in [-0.39, 0.29) is 5.75 Å². The molecule has 0 heterocycles. The highest BCUT2D eigenvalue weighted by Gasteiger charge is 2.13. The van der Waals surface area contributed by atoms with Crippen LogP contribution in [0.15, 0.2) is 29.2 Å². The molecule has 0 radical (unpaired) electrons. The van der Waals surface area contributed by atoms with Gasteiger partial charge >= 0.3 is 0 Å². The van der Waals surface area contributed by atoms with Crippen LogP contribution < -0.4 is 11.5 Å². The minimum atomic E-state index is -3.13. The number of benzene rings is 1. The summed E-state index contributed by atoms with van der Waals surface area (Å²) in [6.45, 7) is 3.02. The SMILES string of the molecule is CCCS(=O)(=O)c1cccc(CCC(CN)CN)c1. The lowest BCUT2D eigenvalue weighted by Crippen LogP contribution is -2.23. The van der Waals surface area contributed by atoms with Gasteiger partial charge in [0.05, 0.1) is 10.6 Å². The molecule has 4 nitrogen and oxygen atoms in total. The third-order valence-electron chi connectivity index (χ3n) is 3.24. The van der Waals surface area contributed by atoms with Crippen LogP contribution in [0.3, 0.4) is 0 Å². The van der Waals surface area contributed by atoms with Gasteiger partial charge in [0.1, 0.15) is 0 Å². The van der Waals surface area contributed by atoms with Gasteiger partial charge in [-0.05, 0) is 56.0 Å². The molecule has 0 aliphatic heterocycles. The Labute approximate surface area is 116 Å². The van der Waals surface area contributed by atoms with E-state index in [1.807, 2.05) is 13.0 Å². The predicted molar refractivity (Wildman–Crippen MR) is 78.7 cm³/mol. The summed E-state index contributed by atoms with van der Waals surface area (Å²) in [5.41, 5.74) is 12.3. The Hall–Kier alpha value is -0.910. The van der Waals surface area contributed by atoms with E-state index in [4.69, 9.17) is 11.5 Å². The van der Waals surface area contributed by atoms with E-state index >= 15 is 0 Å². The molecule has 0 bridgehead atoms. The molecule has 0 fully saturated rings. The van der Waals surface area contributed by atoms with Crippen LogP contribution in [0, 0.1) is 5.92 Å². The quantitative estimate of drug-likeness (QED) is 0.754. The first-order valence-corrected chi connectivity index (χ1v) is 8.40. The maximum atomic E-state index is 12.0. The first kappa shape index (κ1) is 16.1. The fourth-order valence-corrected chi connectivity index (χ4v) is 3.37. The molecule has 108 valence electrons. The maximum Gasteiger partial charge on any atom is 0.178 e. The Kier molecular flexibility index (Phi) is 6.48. The molecule has 4 N–H and O–H groups in total. The van der Waals surface area contributed by atoms with Crippen LogP contribution in [0.1, 0.15) is 25.3 Å². The van der Waals surface area contributed by atoms with E-state index < -0.39 is 9.84 Å². The summed E-state index contributed by atoms with van der Waals surface area (Å²) in [6.07, 6.45) is 2.34. The number of rotatable bonds is 8. The number of hydrogen-bond donors (Lipinski definition) is 2. The molecule has 0 amide bonds. The molecule has 1 aromatic rings. The lowest BCUT2D eigenvalue weighted by Gasteiger charge is -2.12. The van der Waals surface area contributed by atoms with Crippen LogP contribution in [0.4, 0.5) is 0 Å². The highest BCUT2D eigenvalue weighted by molar-refractivity contribution is 7.91. The van der Waals surface area contributed by atoms with Gasteiger partial charge in [-0.15, -0.1) is 0 Å². The first-order valence-electron chi connectivity index (χ1n) is 6.75. The van der Waals surface area contributed by atoms with Crippen LogP contribution in [0.2, 0.25) is 0 Å². The first-order chi connectivity index (χ1) is 9.03. The average Bonchev–Trinajstić information content (AvgIpc) is 2.40. The third-order valence-corrected chi connectivity index (χ3v) is 5.16. The van der Waals surface area contributed by atoms with Crippen molar-refractivity contribution in [2.24, 2.45) is 17.4 Å². The average molecular weight is 284 g/mol. The van der Waals surface area contributed by atoms with E-state index in [1.165, 1.54) is 0 Å². The van der Waals surface area contributed by atoms with Crippen LogP contribution in [0.5, 0.6) is 0 Å². The Morgan fingerprint density at radius 1 is 1.21 bits per heavy atom. The van der Waals surface area contributed by atoms with Crippen molar-refractivity contribution < 1.29 is 8.42 Å². The Balaban J connectivity index is 2.78. The number of nitrogens with two attached hydrogens (primary N) is 2.